The van der Waals surface area contributed by atoms with Gasteiger partial charge in [-0.2, -0.15) is 0 Å². The van der Waals surface area contributed by atoms with Crippen molar-refractivity contribution in [2.24, 2.45) is 5.92 Å². The lowest BCUT2D eigenvalue weighted by Gasteiger charge is -2.20. The number of rotatable bonds is 8. The zero-order valence-electron chi connectivity index (χ0n) is 16.4. The Labute approximate surface area is 172 Å². The molecule has 3 amide bonds. The first-order valence-corrected chi connectivity index (χ1v) is 9.82. The number of benzene rings is 1. The van der Waals surface area contributed by atoms with Crippen LogP contribution < -0.4 is 16.0 Å². The highest BCUT2D eigenvalue weighted by atomic mass is 32.1. The molecule has 8 nitrogen and oxygen atoms in total. The first kappa shape index (κ1) is 22.1. The van der Waals surface area contributed by atoms with Crippen molar-refractivity contribution in [2.45, 2.75) is 26.8 Å². The summed E-state index contributed by atoms with van der Waals surface area (Å²) in [7, 11) is 0. The van der Waals surface area contributed by atoms with Crippen LogP contribution in [0.4, 0.5) is 11.4 Å². The van der Waals surface area contributed by atoms with Gasteiger partial charge in [-0.05, 0) is 35.6 Å². The summed E-state index contributed by atoms with van der Waals surface area (Å²) in [6, 6.07) is 9.10. The molecule has 1 heterocycles. The maximum atomic E-state index is 12.4. The van der Waals surface area contributed by atoms with Crippen molar-refractivity contribution < 1.29 is 23.9 Å². The van der Waals surface area contributed by atoms with E-state index in [-0.39, 0.29) is 17.7 Å². The van der Waals surface area contributed by atoms with Gasteiger partial charge in [-0.15, -0.1) is 11.3 Å². The minimum absolute atomic E-state index is 0.219. The highest BCUT2D eigenvalue weighted by Crippen LogP contribution is 2.15. The Morgan fingerprint density at radius 2 is 1.72 bits per heavy atom. The molecule has 2 rings (SSSR count). The summed E-state index contributed by atoms with van der Waals surface area (Å²) in [5.74, 6) is -2.04. The van der Waals surface area contributed by atoms with Crippen LogP contribution in [-0.2, 0) is 19.1 Å². The first-order chi connectivity index (χ1) is 13.8. The lowest BCUT2D eigenvalue weighted by Crippen LogP contribution is -2.45. The monoisotopic (exact) mass is 417 g/mol. The van der Waals surface area contributed by atoms with E-state index in [2.05, 4.69) is 16.0 Å². The molecule has 3 N–H and O–H groups in total. The highest BCUT2D eigenvalue weighted by Gasteiger charge is 2.27. The average molecular weight is 417 g/mol. The van der Waals surface area contributed by atoms with Gasteiger partial charge in [0.05, 0.1) is 4.88 Å². The van der Waals surface area contributed by atoms with Gasteiger partial charge in [0, 0.05) is 18.3 Å². The molecule has 0 aliphatic carbocycles. The minimum Gasteiger partial charge on any atom is -0.454 e. The van der Waals surface area contributed by atoms with Crippen LogP contribution in [0, 0.1) is 5.92 Å². The number of carbonyl (C=O) groups is 4. The van der Waals surface area contributed by atoms with Crippen LogP contribution in [0.15, 0.2) is 41.8 Å². The fourth-order valence-corrected chi connectivity index (χ4v) is 3.05. The first-order valence-electron chi connectivity index (χ1n) is 8.94. The molecule has 0 saturated heterocycles. The van der Waals surface area contributed by atoms with Gasteiger partial charge in [-0.3, -0.25) is 14.4 Å². The number of ether oxygens (including phenoxy) is 1. The number of nitrogens with one attached hydrogen (secondary N) is 3. The number of anilines is 2. The van der Waals surface area contributed by atoms with E-state index in [1.165, 1.54) is 18.3 Å². The van der Waals surface area contributed by atoms with Crippen LogP contribution >= 0.6 is 11.3 Å². The number of amides is 3. The molecule has 9 heteroatoms. The van der Waals surface area contributed by atoms with E-state index in [4.69, 9.17) is 4.74 Å². The van der Waals surface area contributed by atoms with Crippen molar-refractivity contribution in [3.8, 4) is 0 Å². The fraction of sp³-hybridized carbons (Fsp3) is 0.300. The molecular weight excluding hydrogens is 394 g/mol. The van der Waals surface area contributed by atoms with Crippen LogP contribution in [0.5, 0.6) is 0 Å². The molecule has 1 aromatic carbocycles. The third-order valence-electron chi connectivity index (χ3n) is 3.76. The van der Waals surface area contributed by atoms with Gasteiger partial charge in [-0.1, -0.05) is 26.0 Å². The summed E-state index contributed by atoms with van der Waals surface area (Å²) in [6.45, 7) is 4.43. The summed E-state index contributed by atoms with van der Waals surface area (Å²) < 4.78 is 5.08. The SMILES string of the molecule is CC(=O)Nc1cccc(NC(=O)COC(=O)[C@@H](NC(=O)c2cccs2)C(C)C)c1. The van der Waals surface area contributed by atoms with Crippen molar-refractivity contribution >= 4 is 46.4 Å². The molecule has 0 aliphatic rings. The summed E-state index contributed by atoms with van der Waals surface area (Å²) in [5, 5.41) is 9.61. The molecule has 0 saturated carbocycles. The Morgan fingerprint density at radius 3 is 2.31 bits per heavy atom. The molecule has 1 atom stereocenters. The Hall–Kier alpha value is -3.20. The molecule has 0 unspecified atom stereocenters. The maximum absolute atomic E-state index is 12.4. The molecule has 1 aromatic heterocycles. The number of thiophene rings is 1. The van der Waals surface area contributed by atoms with Crippen LogP contribution in [0.1, 0.15) is 30.4 Å². The van der Waals surface area contributed by atoms with E-state index in [9.17, 15) is 19.2 Å². The molecule has 2 aromatic rings. The minimum atomic E-state index is -0.875. The largest absolute Gasteiger partial charge is 0.454 e. The molecule has 0 bridgehead atoms. The van der Waals surface area contributed by atoms with Crippen LogP contribution in [0.3, 0.4) is 0 Å². The van der Waals surface area contributed by atoms with Gasteiger partial charge in [0.25, 0.3) is 11.8 Å². The van der Waals surface area contributed by atoms with Crippen molar-refractivity contribution in [2.75, 3.05) is 17.2 Å². The van der Waals surface area contributed by atoms with Crippen molar-refractivity contribution in [3.63, 3.8) is 0 Å². The van der Waals surface area contributed by atoms with Crippen LogP contribution in [0.25, 0.3) is 0 Å². The normalized spacial score (nSPS) is 11.4. The lowest BCUT2D eigenvalue weighted by atomic mass is 10.0. The number of hydrogen-bond acceptors (Lipinski definition) is 6. The molecule has 0 spiro atoms. The Morgan fingerprint density at radius 1 is 1.03 bits per heavy atom. The summed E-state index contributed by atoms with van der Waals surface area (Å²) in [4.78, 5) is 48.2. The van der Waals surface area contributed by atoms with Gasteiger partial charge >= 0.3 is 5.97 Å². The topological polar surface area (TPSA) is 114 Å². The molecule has 0 radical (unpaired) electrons. The van der Waals surface area contributed by atoms with Crippen LogP contribution in [-0.4, -0.2) is 36.3 Å². The smallest absolute Gasteiger partial charge is 0.329 e. The number of carbonyl (C=O) groups excluding carboxylic acids is 4. The van der Waals surface area contributed by atoms with E-state index in [1.807, 2.05) is 0 Å². The standard InChI is InChI=1S/C20H23N3O5S/c1-12(2)18(23-19(26)16-8-5-9-29-16)20(27)28-11-17(25)22-15-7-4-6-14(10-15)21-13(3)24/h4-10,12,18H,11H2,1-3H3,(H,21,24)(H,22,25)(H,23,26)/t18-/m0/s1. The van der Waals surface area contributed by atoms with Crippen molar-refractivity contribution in [1.29, 1.82) is 0 Å². The third kappa shape index (κ3) is 7.04. The summed E-state index contributed by atoms with van der Waals surface area (Å²) in [5.41, 5.74) is 0.979. The zero-order valence-corrected chi connectivity index (χ0v) is 17.2. The maximum Gasteiger partial charge on any atom is 0.329 e. The lowest BCUT2D eigenvalue weighted by molar-refractivity contribution is -0.150. The predicted molar refractivity (Wildman–Crippen MR) is 111 cm³/mol. The molecule has 29 heavy (non-hydrogen) atoms. The number of hydrogen-bond donors (Lipinski definition) is 3. The van der Waals surface area contributed by atoms with E-state index in [0.717, 1.165) is 0 Å². The van der Waals surface area contributed by atoms with Gasteiger partial charge in [-0.25, -0.2) is 4.79 Å². The van der Waals surface area contributed by atoms with Gasteiger partial charge in [0.15, 0.2) is 6.61 Å². The molecular formula is C20H23N3O5S. The second-order valence-electron chi connectivity index (χ2n) is 6.59. The molecule has 0 fully saturated rings. The Kier molecular flexibility index (Phi) is 7.90. The van der Waals surface area contributed by atoms with E-state index < -0.39 is 24.5 Å². The van der Waals surface area contributed by atoms with Crippen LogP contribution in [0.2, 0.25) is 0 Å². The van der Waals surface area contributed by atoms with Gasteiger partial charge in [0.1, 0.15) is 6.04 Å². The summed E-state index contributed by atoms with van der Waals surface area (Å²) >= 11 is 1.27. The quantitative estimate of drug-likeness (QED) is 0.572. The second kappa shape index (κ2) is 10.4. The van der Waals surface area contributed by atoms with Crippen molar-refractivity contribution in [3.05, 3.63) is 46.7 Å². The van der Waals surface area contributed by atoms with E-state index in [1.54, 1.807) is 55.6 Å². The van der Waals surface area contributed by atoms with E-state index in [0.29, 0.717) is 16.3 Å². The second-order valence-corrected chi connectivity index (χ2v) is 7.54. The fourth-order valence-electron chi connectivity index (χ4n) is 2.42. The number of esters is 1. The highest BCUT2D eigenvalue weighted by molar-refractivity contribution is 7.12. The Bertz CT molecular complexity index is 880. The summed E-state index contributed by atoms with van der Waals surface area (Å²) in [6.07, 6.45) is 0. The molecule has 154 valence electrons. The van der Waals surface area contributed by atoms with Gasteiger partial charge < -0.3 is 20.7 Å². The average Bonchev–Trinajstić information content (AvgIpc) is 3.18. The Balaban J connectivity index is 1.89. The van der Waals surface area contributed by atoms with E-state index >= 15 is 0 Å². The van der Waals surface area contributed by atoms with Crippen molar-refractivity contribution in [1.82, 2.24) is 5.32 Å². The predicted octanol–water partition coefficient (Wildman–Crippen LogP) is 2.64. The third-order valence-corrected chi connectivity index (χ3v) is 4.63. The zero-order chi connectivity index (χ0) is 21.4. The molecule has 0 aliphatic heterocycles. The van der Waals surface area contributed by atoms with Gasteiger partial charge in [0.2, 0.25) is 5.91 Å².